The fourth-order valence-electron chi connectivity index (χ4n) is 3.26. The maximum atomic E-state index is 5.95. The molecule has 1 saturated carbocycles. The number of nitrogen functional groups attached to an aromatic ring is 1. The molecule has 1 heterocycles. The zero-order valence-electron chi connectivity index (χ0n) is 12.3. The van der Waals surface area contributed by atoms with Gasteiger partial charge in [-0.25, -0.2) is 4.98 Å². The van der Waals surface area contributed by atoms with Gasteiger partial charge in [0.1, 0.15) is 5.82 Å². The lowest BCUT2D eigenvalue weighted by atomic mass is 9.83. The molecule has 112 valence electrons. The first kappa shape index (κ1) is 15.2. The predicted molar refractivity (Wildman–Crippen MR) is 80.9 cm³/mol. The summed E-state index contributed by atoms with van der Waals surface area (Å²) in [6.07, 6.45) is 9.46. The van der Waals surface area contributed by atoms with Crippen LogP contribution in [0.5, 0.6) is 0 Å². The Hall–Kier alpha value is -1.17. The van der Waals surface area contributed by atoms with Gasteiger partial charge in [-0.3, -0.25) is 11.3 Å². The Balaban J connectivity index is 2.18. The van der Waals surface area contributed by atoms with E-state index in [0.717, 1.165) is 24.8 Å². The van der Waals surface area contributed by atoms with Gasteiger partial charge in [0.15, 0.2) is 0 Å². The van der Waals surface area contributed by atoms with E-state index < -0.39 is 0 Å². The summed E-state index contributed by atoms with van der Waals surface area (Å²) < 4.78 is 5.92. The maximum Gasteiger partial charge on any atom is 0.126 e. The summed E-state index contributed by atoms with van der Waals surface area (Å²) in [6.45, 7) is 0. The normalized spacial score (nSPS) is 20.3. The van der Waals surface area contributed by atoms with Crippen LogP contribution in [0.4, 0.5) is 5.82 Å². The molecule has 0 radical (unpaired) electrons. The zero-order valence-corrected chi connectivity index (χ0v) is 12.3. The molecule has 0 aliphatic heterocycles. The molecule has 1 atom stereocenters. The zero-order chi connectivity index (χ0) is 14.4. The van der Waals surface area contributed by atoms with Gasteiger partial charge in [-0.15, -0.1) is 0 Å². The number of anilines is 1. The van der Waals surface area contributed by atoms with Crippen molar-refractivity contribution in [3.05, 3.63) is 23.9 Å². The molecule has 1 unspecified atom stereocenters. The Morgan fingerprint density at radius 3 is 2.60 bits per heavy atom. The second-order valence-electron chi connectivity index (χ2n) is 5.65. The quantitative estimate of drug-likeness (QED) is 0.434. The van der Waals surface area contributed by atoms with Crippen molar-refractivity contribution in [2.24, 2.45) is 5.84 Å². The molecule has 0 bridgehead atoms. The number of nitrogens with two attached hydrogens (primary N) is 2. The molecule has 5 nitrogen and oxygen atoms in total. The van der Waals surface area contributed by atoms with Crippen LogP contribution in [0.2, 0.25) is 0 Å². The summed E-state index contributed by atoms with van der Waals surface area (Å²) in [5.41, 5.74) is 9.73. The fraction of sp³-hybridized carbons (Fsp3) is 0.667. The molecule has 1 aliphatic carbocycles. The number of ether oxygens (including phenoxy) is 1. The summed E-state index contributed by atoms with van der Waals surface area (Å²) in [4.78, 5) is 4.15. The van der Waals surface area contributed by atoms with Crippen LogP contribution >= 0.6 is 0 Å². The van der Waals surface area contributed by atoms with E-state index in [0.29, 0.717) is 5.82 Å². The summed E-state index contributed by atoms with van der Waals surface area (Å²) in [6, 6.07) is 3.97. The molecular weight excluding hydrogens is 252 g/mol. The van der Waals surface area contributed by atoms with Crippen molar-refractivity contribution in [3.63, 3.8) is 0 Å². The highest BCUT2D eigenvalue weighted by molar-refractivity contribution is 5.39. The van der Waals surface area contributed by atoms with Gasteiger partial charge in [0.2, 0.25) is 0 Å². The lowest BCUT2D eigenvalue weighted by Gasteiger charge is -2.39. The van der Waals surface area contributed by atoms with Crippen LogP contribution in [0.3, 0.4) is 0 Å². The van der Waals surface area contributed by atoms with Gasteiger partial charge in [-0.05, 0) is 30.9 Å². The number of nitrogens with one attached hydrogen (secondary N) is 1. The summed E-state index contributed by atoms with van der Waals surface area (Å²) in [7, 11) is 1.79. The number of hydrogen-bond donors (Lipinski definition) is 3. The number of hydrogen-bond acceptors (Lipinski definition) is 5. The monoisotopic (exact) mass is 278 g/mol. The average molecular weight is 278 g/mol. The van der Waals surface area contributed by atoms with Gasteiger partial charge < -0.3 is 10.5 Å². The van der Waals surface area contributed by atoms with Crippen molar-refractivity contribution in [2.75, 3.05) is 12.8 Å². The molecule has 1 aromatic rings. The largest absolute Gasteiger partial charge is 0.383 e. The minimum atomic E-state index is -0.201. The molecule has 0 aromatic carbocycles. The highest BCUT2D eigenvalue weighted by Gasteiger charge is 2.38. The second-order valence-corrected chi connectivity index (χ2v) is 5.65. The smallest absolute Gasteiger partial charge is 0.126 e. The van der Waals surface area contributed by atoms with Crippen molar-refractivity contribution in [1.29, 1.82) is 0 Å². The number of hydrazine groups is 1. The van der Waals surface area contributed by atoms with E-state index in [2.05, 4.69) is 10.4 Å². The highest BCUT2D eigenvalue weighted by atomic mass is 16.5. The van der Waals surface area contributed by atoms with Crippen molar-refractivity contribution in [2.45, 2.75) is 56.6 Å². The first-order valence-electron chi connectivity index (χ1n) is 7.42. The molecule has 5 heteroatoms. The Morgan fingerprint density at radius 1 is 1.35 bits per heavy atom. The summed E-state index contributed by atoms with van der Waals surface area (Å²) in [5, 5.41) is 0. The highest BCUT2D eigenvalue weighted by Crippen LogP contribution is 2.34. The van der Waals surface area contributed by atoms with E-state index in [1.807, 2.05) is 12.1 Å². The van der Waals surface area contributed by atoms with E-state index >= 15 is 0 Å². The number of pyridine rings is 1. The predicted octanol–water partition coefficient (Wildman–Crippen LogP) is 1.78. The van der Waals surface area contributed by atoms with Crippen LogP contribution in [0.25, 0.3) is 0 Å². The van der Waals surface area contributed by atoms with Crippen molar-refractivity contribution < 1.29 is 4.74 Å². The number of rotatable bonds is 5. The lowest BCUT2D eigenvalue weighted by Crippen LogP contribution is -2.55. The van der Waals surface area contributed by atoms with E-state index in [4.69, 9.17) is 16.3 Å². The van der Waals surface area contributed by atoms with Crippen molar-refractivity contribution in [3.8, 4) is 0 Å². The minimum Gasteiger partial charge on any atom is -0.383 e. The van der Waals surface area contributed by atoms with Gasteiger partial charge >= 0.3 is 0 Å². The summed E-state index contributed by atoms with van der Waals surface area (Å²) in [5.74, 6) is 6.40. The Morgan fingerprint density at radius 2 is 2.05 bits per heavy atom. The molecule has 2 rings (SSSR count). The third kappa shape index (κ3) is 3.29. The number of aromatic nitrogens is 1. The molecular formula is C15H26N4O. The molecule has 1 fully saturated rings. The van der Waals surface area contributed by atoms with Crippen LogP contribution < -0.4 is 17.0 Å². The van der Waals surface area contributed by atoms with Crippen LogP contribution in [0.1, 0.15) is 44.1 Å². The molecule has 5 N–H and O–H groups in total. The van der Waals surface area contributed by atoms with Gasteiger partial charge in [-0.2, -0.15) is 0 Å². The third-order valence-electron chi connectivity index (χ3n) is 4.54. The van der Waals surface area contributed by atoms with Crippen molar-refractivity contribution >= 4 is 5.82 Å². The van der Waals surface area contributed by atoms with Crippen LogP contribution in [0.15, 0.2) is 18.3 Å². The number of methoxy groups -OCH3 is 1. The maximum absolute atomic E-state index is 5.95. The minimum absolute atomic E-state index is 0.0529. The fourth-order valence-corrected chi connectivity index (χ4v) is 3.26. The molecule has 0 saturated heterocycles. The van der Waals surface area contributed by atoms with E-state index in [-0.39, 0.29) is 11.6 Å². The van der Waals surface area contributed by atoms with Gasteiger partial charge in [0.05, 0.1) is 11.6 Å². The third-order valence-corrected chi connectivity index (χ3v) is 4.54. The molecule has 1 aliphatic rings. The number of nitrogens with zero attached hydrogens (tertiary/aromatic N) is 1. The van der Waals surface area contributed by atoms with E-state index in [9.17, 15) is 0 Å². The SMILES string of the molecule is COC1(C(Cc2cccnc2N)NN)CCCCCC1. The summed E-state index contributed by atoms with van der Waals surface area (Å²) >= 11 is 0. The van der Waals surface area contributed by atoms with Crippen LogP contribution in [-0.4, -0.2) is 23.7 Å². The van der Waals surface area contributed by atoms with E-state index in [1.165, 1.54) is 25.7 Å². The van der Waals surface area contributed by atoms with Gasteiger partial charge in [0, 0.05) is 13.3 Å². The van der Waals surface area contributed by atoms with Crippen LogP contribution in [-0.2, 0) is 11.2 Å². The molecule has 0 amide bonds. The average Bonchev–Trinajstić information content (AvgIpc) is 2.73. The topological polar surface area (TPSA) is 86.2 Å². The standard InChI is InChI=1S/C15H26N4O/c1-20-15(8-4-2-3-5-9-15)13(19-17)11-12-7-6-10-18-14(12)16/h6-7,10,13,19H,2-5,8-9,11,17H2,1H3,(H2,16,18). The Labute approximate surface area is 121 Å². The Bertz CT molecular complexity index is 416. The first-order valence-corrected chi connectivity index (χ1v) is 7.42. The first-order chi connectivity index (χ1) is 9.72. The van der Waals surface area contributed by atoms with Gasteiger partial charge in [0.25, 0.3) is 0 Å². The molecule has 20 heavy (non-hydrogen) atoms. The molecule has 0 spiro atoms. The Kier molecular flexibility index (Phi) is 5.34. The lowest BCUT2D eigenvalue weighted by molar-refractivity contribution is -0.0527. The van der Waals surface area contributed by atoms with E-state index in [1.54, 1.807) is 13.3 Å². The molecule has 1 aromatic heterocycles. The van der Waals surface area contributed by atoms with Gasteiger partial charge in [-0.1, -0.05) is 31.7 Å². The van der Waals surface area contributed by atoms with Crippen molar-refractivity contribution in [1.82, 2.24) is 10.4 Å². The second kappa shape index (κ2) is 7.02. The van der Waals surface area contributed by atoms with Crippen LogP contribution in [0, 0.1) is 0 Å².